The van der Waals surface area contributed by atoms with Gasteiger partial charge >= 0.3 is 5.97 Å². The number of carbonyl (C=O) groups excluding carboxylic acids is 2. The molecule has 0 aromatic heterocycles. The molecule has 0 unspecified atom stereocenters. The van der Waals surface area contributed by atoms with Gasteiger partial charge in [-0.1, -0.05) is 65.5 Å². The van der Waals surface area contributed by atoms with Crippen LogP contribution >= 0.6 is 24.8 Å². The first kappa shape index (κ1) is 40.4. The third-order valence-electron chi connectivity index (χ3n) is 12.7. The first-order chi connectivity index (χ1) is 20.5. The number of amides is 1. The van der Waals surface area contributed by atoms with Crippen LogP contribution in [0.25, 0.3) is 0 Å². The summed E-state index contributed by atoms with van der Waals surface area (Å²) in [6.45, 7) is 14.8. The molecule has 0 aromatic carbocycles. The Morgan fingerprint density at radius 3 is 2.24 bits per heavy atom. The second kappa shape index (κ2) is 18.1. The van der Waals surface area contributed by atoms with E-state index in [1.807, 2.05) is 0 Å². The minimum atomic E-state index is -0.234. The molecule has 0 aliphatic heterocycles. The molecule has 8 heteroatoms. The number of nitrogens with zero attached hydrogens (tertiary/aromatic N) is 1. The molecule has 8 atom stereocenters. The second-order valence-corrected chi connectivity index (χ2v) is 15.8. The zero-order chi connectivity index (χ0) is 31.2. The summed E-state index contributed by atoms with van der Waals surface area (Å²) in [5.74, 6) is 4.75. The van der Waals surface area contributed by atoms with Crippen LogP contribution in [0.4, 0.5) is 0 Å². The van der Waals surface area contributed by atoms with E-state index in [2.05, 4.69) is 40.7 Å². The fourth-order valence-corrected chi connectivity index (χ4v) is 10.3. The Morgan fingerprint density at radius 2 is 1.60 bits per heavy atom. The van der Waals surface area contributed by atoms with E-state index in [0.29, 0.717) is 31.6 Å². The fraction of sp³-hybridized carbons (Fsp3) is 0.892. The van der Waals surface area contributed by atoms with Crippen molar-refractivity contribution in [3.05, 3.63) is 11.6 Å². The zero-order valence-corrected chi connectivity index (χ0v) is 30.8. The van der Waals surface area contributed by atoms with E-state index in [1.165, 1.54) is 51.4 Å². The highest BCUT2D eigenvalue weighted by Gasteiger charge is 2.59. The Morgan fingerprint density at radius 1 is 0.911 bits per heavy atom. The van der Waals surface area contributed by atoms with Crippen molar-refractivity contribution >= 4 is 36.7 Å². The van der Waals surface area contributed by atoms with E-state index in [4.69, 9.17) is 16.2 Å². The minimum Gasteiger partial charge on any atom is -0.462 e. The maximum atomic E-state index is 12.8. The Kier molecular flexibility index (Phi) is 16.2. The molecule has 0 radical (unpaired) electrons. The lowest BCUT2D eigenvalue weighted by Gasteiger charge is -2.58. The lowest BCUT2D eigenvalue weighted by Crippen LogP contribution is -2.51. The Hall–Kier alpha value is -0.820. The monoisotopic (exact) mass is 671 g/mol. The van der Waals surface area contributed by atoms with E-state index in [9.17, 15) is 9.59 Å². The molecule has 0 aromatic rings. The number of hydrogen-bond acceptors (Lipinski definition) is 5. The van der Waals surface area contributed by atoms with Crippen LogP contribution in [0.1, 0.15) is 131 Å². The number of esters is 1. The Labute approximate surface area is 287 Å². The summed E-state index contributed by atoms with van der Waals surface area (Å²) >= 11 is 0. The molecule has 262 valence electrons. The lowest BCUT2D eigenvalue weighted by molar-refractivity contribution is -0.153. The number of rotatable bonds is 15. The standard InChI is InChI=1S/C37H65N3O3.2ClH/c1-26(2)9-6-10-27(3)31-13-14-32-30-12-11-28-25-29(17-19-36(28,4)33(30)18-20-37(31,32)5)43-35(42)16-15-34(41)40(23-7-21-38)24-8-22-39;;/h11,26-27,29-33H,6-10,12-25,38-39H2,1-5H3;2*1H/t27-,29+,30+,31-,32+,33+,36+,37-;;/m1../s1. The summed E-state index contributed by atoms with van der Waals surface area (Å²) in [6.07, 6.45) is 18.3. The van der Waals surface area contributed by atoms with Gasteiger partial charge in [0.05, 0.1) is 6.42 Å². The van der Waals surface area contributed by atoms with E-state index in [-0.39, 0.29) is 61.1 Å². The van der Waals surface area contributed by atoms with Crippen molar-refractivity contribution in [2.45, 2.75) is 137 Å². The van der Waals surface area contributed by atoms with Crippen LogP contribution in [0.2, 0.25) is 0 Å². The summed E-state index contributed by atoms with van der Waals surface area (Å²) in [6, 6.07) is 0. The largest absolute Gasteiger partial charge is 0.462 e. The molecule has 4 N–H and O–H groups in total. The van der Waals surface area contributed by atoms with E-state index < -0.39 is 0 Å². The fourth-order valence-electron chi connectivity index (χ4n) is 10.3. The molecule has 4 aliphatic rings. The maximum absolute atomic E-state index is 12.8. The molecule has 4 aliphatic carbocycles. The van der Waals surface area contributed by atoms with Crippen LogP contribution in [-0.2, 0) is 14.3 Å². The van der Waals surface area contributed by atoms with Crippen LogP contribution in [0, 0.1) is 46.3 Å². The van der Waals surface area contributed by atoms with Gasteiger partial charge in [0.2, 0.25) is 5.91 Å². The van der Waals surface area contributed by atoms with Crippen molar-refractivity contribution in [3.63, 3.8) is 0 Å². The van der Waals surface area contributed by atoms with Crippen molar-refractivity contribution in [1.29, 1.82) is 0 Å². The van der Waals surface area contributed by atoms with E-state index >= 15 is 0 Å². The summed E-state index contributed by atoms with van der Waals surface area (Å²) in [5.41, 5.74) is 13.6. The van der Waals surface area contributed by atoms with Crippen molar-refractivity contribution in [3.8, 4) is 0 Å². The van der Waals surface area contributed by atoms with Gasteiger partial charge in [0.1, 0.15) is 6.10 Å². The average Bonchev–Trinajstić information content (AvgIpc) is 3.33. The van der Waals surface area contributed by atoms with Crippen LogP contribution in [-0.4, -0.2) is 49.1 Å². The summed E-state index contributed by atoms with van der Waals surface area (Å²) in [4.78, 5) is 27.4. The molecule has 4 rings (SSSR count). The average molecular weight is 673 g/mol. The van der Waals surface area contributed by atoms with Crippen LogP contribution < -0.4 is 11.5 Å². The number of hydrogen-bond donors (Lipinski definition) is 2. The summed E-state index contributed by atoms with van der Waals surface area (Å²) in [7, 11) is 0. The predicted octanol–water partition coefficient (Wildman–Crippen LogP) is 8.09. The highest BCUT2D eigenvalue weighted by atomic mass is 35.5. The second-order valence-electron chi connectivity index (χ2n) is 15.8. The number of carbonyl (C=O) groups is 2. The first-order valence-electron chi connectivity index (χ1n) is 18.1. The zero-order valence-electron chi connectivity index (χ0n) is 29.2. The van der Waals surface area contributed by atoms with Crippen molar-refractivity contribution in [2.75, 3.05) is 26.2 Å². The number of fused-ring (bicyclic) bond motifs is 5. The molecule has 45 heavy (non-hydrogen) atoms. The molecule has 1 amide bonds. The van der Waals surface area contributed by atoms with Gasteiger partial charge in [-0.2, -0.15) is 0 Å². The van der Waals surface area contributed by atoms with Crippen LogP contribution in [0.5, 0.6) is 0 Å². The third kappa shape index (κ3) is 9.42. The topological polar surface area (TPSA) is 98.7 Å². The molecule has 0 spiro atoms. The molecular formula is C37H67Cl2N3O3. The lowest BCUT2D eigenvalue weighted by atomic mass is 9.47. The Bertz CT molecular complexity index is 969. The van der Waals surface area contributed by atoms with Crippen molar-refractivity contribution in [1.82, 2.24) is 4.90 Å². The summed E-state index contributed by atoms with van der Waals surface area (Å²) < 4.78 is 6.00. The van der Waals surface area contributed by atoms with Crippen LogP contribution in [0.3, 0.4) is 0 Å². The molecule has 3 fully saturated rings. The SMILES string of the molecule is CC(C)CCC[C@@H](C)[C@H]1CC[C@H]2[C@@H]3CC=C4C[C@@H](OC(=O)CCC(=O)N(CCCN)CCCN)CC[C@]4(C)[C@H]3CC[C@]12C.Cl.Cl. The molecule has 0 bridgehead atoms. The van der Waals surface area contributed by atoms with Crippen molar-refractivity contribution in [2.24, 2.45) is 57.8 Å². The van der Waals surface area contributed by atoms with Crippen LogP contribution in [0.15, 0.2) is 11.6 Å². The number of halogens is 2. The molecule has 0 heterocycles. The smallest absolute Gasteiger partial charge is 0.306 e. The van der Waals surface area contributed by atoms with E-state index in [0.717, 1.165) is 67.6 Å². The van der Waals surface area contributed by atoms with Gasteiger partial charge in [-0.3, -0.25) is 9.59 Å². The van der Waals surface area contributed by atoms with Gasteiger partial charge in [0, 0.05) is 25.9 Å². The Balaban J connectivity index is 0.00000353. The molecule has 3 saturated carbocycles. The third-order valence-corrected chi connectivity index (χ3v) is 12.7. The quantitative estimate of drug-likeness (QED) is 0.135. The molecular weight excluding hydrogens is 605 g/mol. The number of allylic oxidation sites excluding steroid dienone is 1. The van der Waals surface area contributed by atoms with Gasteiger partial charge in [-0.25, -0.2) is 0 Å². The first-order valence-corrected chi connectivity index (χ1v) is 18.1. The van der Waals surface area contributed by atoms with Crippen molar-refractivity contribution < 1.29 is 14.3 Å². The highest BCUT2D eigenvalue weighted by Crippen LogP contribution is 2.67. The van der Waals surface area contributed by atoms with Gasteiger partial charge < -0.3 is 21.1 Å². The molecule has 0 saturated heterocycles. The number of nitrogens with two attached hydrogens (primary N) is 2. The summed E-state index contributed by atoms with van der Waals surface area (Å²) in [5, 5.41) is 0. The van der Waals surface area contributed by atoms with Gasteiger partial charge in [0.25, 0.3) is 0 Å². The highest BCUT2D eigenvalue weighted by molar-refractivity contribution is 5.85. The van der Waals surface area contributed by atoms with Gasteiger partial charge in [0.15, 0.2) is 0 Å². The predicted molar refractivity (Wildman–Crippen MR) is 191 cm³/mol. The molecule has 6 nitrogen and oxygen atoms in total. The normalized spacial score (nSPS) is 32.6. The minimum absolute atomic E-state index is 0. The van der Waals surface area contributed by atoms with Gasteiger partial charge in [-0.05, 0) is 117 Å². The number of ether oxygens (including phenoxy) is 1. The van der Waals surface area contributed by atoms with Gasteiger partial charge in [-0.15, -0.1) is 24.8 Å². The van der Waals surface area contributed by atoms with E-state index in [1.54, 1.807) is 10.5 Å². The maximum Gasteiger partial charge on any atom is 0.306 e.